The molecule has 1 aliphatic rings. The molecular weight excluding hydrogens is 194 g/mol. The highest BCUT2D eigenvalue weighted by Crippen LogP contribution is 2.34. The molecule has 0 spiro atoms. The van der Waals surface area contributed by atoms with Crippen LogP contribution in [0.4, 0.5) is 0 Å². The Balaban J connectivity index is 2.15. The Bertz CT molecular complexity index is 370. The van der Waals surface area contributed by atoms with Crippen LogP contribution in [0.15, 0.2) is 42.0 Å². The van der Waals surface area contributed by atoms with Crippen LogP contribution in [0.5, 0.6) is 0 Å². The first kappa shape index (κ1) is 11.4. The standard InChI is InChI=1S/C15H21N/c1-15(2,3)13-9-10-16-14(11-13)12-7-5-4-6-8-12/h4-9,14,16H,10-11H2,1-3H3. The number of rotatable bonds is 1. The Hall–Kier alpha value is -1.08. The summed E-state index contributed by atoms with van der Waals surface area (Å²) in [5.41, 5.74) is 3.27. The van der Waals surface area contributed by atoms with E-state index in [1.807, 2.05) is 0 Å². The van der Waals surface area contributed by atoms with Crippen molar-refractivity contribution < 1.29 is 0 Å². The summed E-state index contributed by atoms with van der Waals surface area (Å²) in [5.74, 6) is 0. The van der Waals surface area contributed by atoms with Crippen LogP contribution < -0.4 is 5.32 Å². The Morgan fingerprint density at radius 1 is 1.12 bits per heavy atom. The zero-order valence-electron chi connectivity index (χ0n) is 10.5. The second kappa shape index (κ2) is 4.42. The molecule has 0 saturated carbocycles. The molecule has 0 radical (unpaired) electrons. The quantitative estimate of drug-likeness (QED) is 0.704. The highest BCUT2D eigenvalue weighted by Gasteiger charge is 2.23. The molecule has 0 aliphatic carbocycles. The molecular formula is C15H21N. The Morgan fingerprint density at radius 3 is 2.44 bits per heavy atom. The van der Waals surface area contributed by atoms with Crippen LogP contribution in [-0.4, -0.2) is 6.54 Å². The van der Waals surface area contributed by atoms with Gasteiger partial charge in [-0.3, -0.25) is 0 Å². The molecule has 1 heteroatoms. The van der Waals surface area contributed by atoms with Gasteiger partial charge < -0.3 is 5.32 Å². The average molecular weight is 215 g/mol. The van der Waals surface area contributed by atoms with Gasteiger partial charge in [-0.05, 0) is 17.4 Å². The van der Waals surface area contributed by atoms with Crippen LogP contribution in [-0.2, 0) is 0 Å². The van der Waals surface area contributed by atoms with Crippen molar-refractivity contribution in [1.82, 2.24) is 5.32 Å². The molecule has 1 aromatic carbocycles. The van der Waals surface area contributed by atoms with Gasteiger partial charge in [0.25, 0.3) is 0 Å². The van der Waals surface area contributed by atoms with E-state index in [4.69, 9.17) is 0 Å². The van der Waals surface area contributed by atoms with E-state index >= 15 is 0 Å². The van der Waals surface area contributed by atoms with Crippen LogP contribution >= 0.6 is 0 Å². The van der Waals surface area contributed by atoms with E-state index in [0.29, 0.717) is 11.5 Å². The van der Waals surface area contributed by atoms with Crippen molar-refractivity contribution in [2.45, 2.75) is 33.2 Å². The molecule has 86 valence electrons. The zero-order chi connectivity index (χ0) is 11.6. The molecule has 1 N–H and O–H groups in total. The molecule has 1 nitrogen and oxygen atoms in total. The molecule has 0 fully saturated rings. The first-order chi connectivity index (χ1) is 7.57. The molecule has 0 aromatic heterocycles. The maximum Gasteiger partial charge on any atom is 0.0360 e. The SMILES string of the molecule is CC(C)(C)C1=CCNC(c2ccccc2)C1. The van der Waals surface area contributed by atoms with E-state index in [-0.39, 0.29) is 0 Å². The van der Waals surface area contributed by atoms with Crippen LogP contribution in [0, 0.1) is 5.41 Å². The second-order valence-electron chi connectivity index (χ2n) is 5.56. The van der Waals surface area contributed by atoms with Gasteiger partial charge in [-0.1, -0.05) is 62.8 Å². The van der Waals surface area contributed by atoms with Gasteiger partial charge in [0.15, 0.2) is 0 Å². The Morgan fingerprint density at radius 2 is 1.81 bits per heavy atom. The van der Waals surface area contributed by atoms with Crippen molar-refractivity contribution in [3.63, 3.8) is 0 Å². The van der Waals surface area contributed by atoms with Crippen molar-refractivity contribution >= 4 is 0 Å². The minimum Gasteiger partial charge on any atom is -0.306 e. The molecule has 1 aromatic rings. The van der Waals surface area contributed by atoms with Crippen LogP contribution in [0.1, 0.15) is 38.8 Å². The molecule has 16 heavy (non-hydrogen) atoms. The van der Waals surface area contributed by atoms with Crippen molar-refractivity contribution in [3.05, 3.63) is 47.5 Å². The van der Waals surface area contributed by atoms with E-state index in [2.05, 4.69) is 62.5 Å². The number of benzene rings is 1. The maximum absolute atomic E-state index is 3.56. The summed E-state index contributed by atoms with van der Waals surface area (Å²) in [6.07, 6.45) is 3.48. The van der Waals surface area contributed by atoms with Crippen molar-refractivity contribution in [1.29, 1.82) is 0 Å². The minimum absolute atomic E-state index is 0.301. The van der Waals surface area contributed by atoms with Gasteiger partial charge >= 0.3 is 0 Å². The maximum atomic E-state index is 3.56. The minimum atomic E-state index is 0.301. The summed E-state index contributed by atoms with van der Waals surface area (Å²) >= 11 is 0. The highest BCUT2D eigenvalue weighted by atomic mass is 14.9. The van der Waals surface area contributed by atoms with Gasteiger partial charge in [-0.15, -0.1) is 0 Å². The van der Waals surface area contributed by atoms with Crippen molar-refractivity contribution in [3.8, 4) is 0 Å². The zero-order valence-corrected chi connectivity index (χ0v) is 10.5. The summed E-state index contributed by atoms with van der Waals surface area (Å²) < 4.78 is 0. The smallest absolute Gasteiger partial charge is 0.0360 e. The Labute approximate surface area is 98.6 Å². The third-order valence-corrected chi connectivity index (χ3v) is 3.30. The first-order valence-electron chi connectivity index (χ1n) is 6.05. The first-order valence-corrected chi connectivity index (χ1v) is 6.05. The monoisotopic (exact) mass is 215 g/mol. The average Bonchev–Trinajstić information content (AvgIpc) is 2.29. The fourth-order valence-electron chi connectivity index (χ4n) is 2.23. The van der Waals surface area contributed by atoms with Gasteiger partial charge in [0.2, 0.25) is 0 Å². The van der Waals surface area contributed by atoms with E-state index in [9.17, 15) is 0 Å². The van der Waals surface area contributed by atoms with E-state index in [1.54, 1.807) is 5.57 Å². The van der Waals surface area contributed by atoms with Crippen molar-refractivity contribution in [2.24, 2.45) is 5.41 Å². The molecule has 0 saturated heterocycles. The number of hydrogen-bond acceptors (Lipinski definition) is 1. The molecule has 1 atom stereocenters. The summed E-state index contributed by atoms with van der Waals surface area (Å²) in [5, 5.41) is 3.56. The number of hydrogen-bond donors (Lipinski definition) is 1. The highest BCUT2D eigenvalue weighted by molar-refractivity contribution is 5.25. The predicted octanol–water partition coefficient (Wildman–Crippen LogP) is 3.69. The lowest BCUT2D eigenvalue weighted by Crippen LogP contribution is -2.29. The third kappa shape index (κ3) is 2.53. The summed E-state index contributed by atoms with van der Waals surface area (Å²) in [7, 11) is 0. The van der Waals surface area contributed by atoms with E-state index < -0.39 is 0 Å². The van der Waals surface area contributed by atoms with Gasteiger partial charge in [0, 0.05) is 12.6 Å². The van der Waals surface area contributed by atoms with Crippen molar-refractivity contribution in [2.75, 3.05) is 6.54 Å². The van der Waals surface area contributed by atoms with Crippen LogP contribution in [0.2, 0.25) is 0 Å². The molecule has 1 aliphatic heterocycles. The molecule has 0 bridgehead atoms. The van der Waals surface area contributed by atoms with Gasteiger partial charge in [0.1, 0.15) is 0 Å². The third-order valence-electron chi connectivity index (χ3n) is 3.30. The number of nitrogens with one attached hydrogen (secondary N) is 1. The van der Waals surface area contributed by atoms with Crippen LogP contribution in [0.25, 0.3) is 0 Å². The summed E-state index contributed by atoms with van der Waals surface area (Å²) in [6, 6.07) is 11.2. The fraction of sp³-hybridized carbons (Fsp3) is 0.467. The lowest BCUT2D eigenvalue weighted by molar-refractivity contribution is 0.423. The second-order valence-corrected chi connectivity index (χ2v) is 5.56. The molecule has 1 heterocycles. The molecule has 2 rings (SSSR count). The lowest BCUT2D eigenvalue weighted by atomic mass is 9.80. The molecule has 1 unspecified atom stereocenters. The fourth-order valence-corrected chi connectivity index (χ4v) is 2.23. The topological polar surface area (TPSA) is 12.0 Å². The van der Waals surface area contributed by atoms with Gasteiger partial charge in [-0.2, -0.15) is 0 Å². The van der Waals surface area contributed by atoms with E-state index in [0.717, 1.165) is 13.0 Å². The van der Waals surface area contributed by atoms with Gasteiger partial charge in [0.05, 0.1) is 0 Å². The summed E-state index contributed by atoms with van der Waals surface area (Å²) in [4.78, 5) is 0. The lowest BCUT2D eigenvalue weighted by Gasteiger charge is -2.32. The predicted molar refractivity (Wildman–Crippen MR) is 69.3 cm³/mol. The molecule has 0 amide bonds. The normalized spacial score (nSPS) is 21.7. The van der Waals surface area contributed by atoms with Crippen LogP contribution in [0.3, 0.4) is 0 Å². The Kier molecular flexibility index (Phi) is 3.15. The van der Waals surface area contributed by atoms with Gasteiger partial charge in [-0.25, -0.2) is 0 Å². The largest absolute Gasteiger partial charge is 0.306 e. The van der Waals surface area contributed by atoms with E-state index in [1.165, 1.54) is 5.56 Å². The summed E-state index contributed by atoms with van der Waals surface area (Å²) in [6.45, 7) is 7.89.